The minimum Gasteiger partial charge on any atom is -0.460 e. The van der Waals surface area contributed by atoms with E-state index in [1.54, 1.807) is 22.0 Å². The quantitative estimate of drug-likeness (QED) is 0.0127. The van der Waals surface area contributed by atoms with E-state index in [2.05, 4.69) is 60.1 Å². The van der Waals surface area contributed by atoms with E-state index in [0.29, 0.717) is 79.7 Å². The maximum absolute atomic E-state index is 14.5. The Morgan fingerprint density at radius 1 is 0.600 bits per heavy atom. The number of aryl methyl sites for hydroxylation is 1. The van der Waals surface area contributed by atoms with Gasteiger partial charge in [0.15, 0.2) is 18.5 Å². The number of amides is 5. The van der Waals surface area contributed by atoms with Gasteiger partial charge in [-0.15, -0.1) is 5.10 Å². The lowest BCUT2D eigenvalue weighted by atomic mass is 9.95. The number of nitrogens with two attached hydrogens (primary N) is 1. The number of nitrogens with zero attached hydrogens (tertiary/aromatic N) is 7. The van der Waals surface area contributed by atoms with E-state index >= 15 is 0 Å². The average molecular weight is 1990 g/mol. The smallest absolute Gasteiger partial charge is 0.235 e. The molecule has 38 nitrogen and oxygen atoms in total. The number of guanidine groups is 1. The summed E-state index contributed by atoms with van der Waals surface area (Å²) in [5.74, 6) is -1.79. The lowest BCUT2D eigenvalue weighted by Crippen LogP contribution is -2.60. The molecule has 0 bridgehead atoms. The number of carbonyl (C=O) groups excluding carboxylic acids is 5. The van der Waals surface area contributed by atoms with Crippen LogP contribution < -0.4 is 41.4 Å². The summed E-state index contributed by atoms with van der Waals surface area (Å²) in [6.45, 7) is 9.56. The molecule has 0 aliphatic carbocycles. The molecule has 0 saturated carbocycles. The zero-order chi connectivity index (χ0) is 100. The van der Waals surface area contributed by atoms with Gasteiger partial charge < -0.3 is 124 Å². The summed E-state index contributed by atoms with van der Waals surface area (Å²) in [5.41, 5.74) is 11.2. The van der Waals surface area contributed by atoms with Crippen LogP contribution in [0.5, 0.6) is 5.75 Å². The van der Waals surface area contributed by atoms with Gasteiger partial charge in [-0.1, -0.05) is 234 Å². The minimum absolute atomic E-state index is 0.0125. The molecule has 2 fully saturated rings. The van der Waals surface area contributed by atoms with Crippen molar-refractivity contribution in [3.05, 3.63) is 102 Å². The number of aliphatic hydroxyl groups excluding tert-OH is 7. The maximum atomic E-state index is 14.5. The zero-order valence-electron chi connectivity index (χ0n) is 82.7. The van der Waals surface area contributed by atoms with Crippen LogP contribution in [-0.2, 0) is 108 Å². The number of aliphatic imine (C=N–C) groups is 1. The van der Waals surface area contributed by atoms with Crippen LogP contribution >= 0.6 is 0 Å². The molecule has 9 rings (SSSR count). The molecule has 784 valence electrons. The largest absolute Gasteiger partial charge is 0.460 e. The van der Waals surface area contributed by atoms with Gasteiger partial charge in [-0.05, 0) is 75.3 Å². The molecular formula is C101H159N13O25S. The molecule has 2 saturated heterocycles. The van der Waals surface area contributed by atoms with Gasteiger partial charge in [0.2, 0.25) is 45.8 Å². The Kier molecular flexibility index (Phi) is 53.4. The Morgan fingerprint density at radius 3 is 1.91 bits per heavy atom. The second-order valence-corrected chi connectivity index (χ2v) is 38.2. The predicted molar refractivity (Wildman–Crippen MR) is 529 cm³/mol. The molecule has 1 unspecified atom stereocenters. The van der Waals surface area contributed by atoms with E-state index in [-0.39, 0.29) is 146 Å². The molecule has 5 amide bonds. The number of sulfonamides is 1. The van der Waals surface area contributed by atoms with Crippen LogP contribution in [0.15, 0.2) is 90.2 Å². The van der Waals surface area contributed by atoms with Gasteiger partial charge in [0.05, 0.1) is 159 Å². The summed E-state index contributed by atoms with van der Waals surface area (Å²) in [6, 6.07) is 18.9. The van der Waals surface area contributed by atoms with Crippen molar-refractivity contribution in [2.75, 3.05) is 114 Å². The minimum atomic E-state index is -4.05. The first kappa shape index (κ1) is 115. The van der Waals surface area contributed by atoms with Crippen LogP contribution in [0, 0.1) is 0 Å². The van der Waals surface area contributed by atoms with Crippen LogP contribution in [0.1, 0.15) is 269 Å². The van der Waals surface area contributed by atoms with Crippen molar-refractivity contribution in [1.82, 2.24) is 39.9 Å². The van der Waals surface area contributed by atoms with E-state index in [9.17, 15) is 68.1 Å². The van der Waals surface area contributed by atoms with E-state index in [1.807, 2.05) is 66.1 Å². The number of benzene rings is 3. The number of ether oxygens (including phenoxy) is 11. The fourth-order valence-corrected chi connectivity index (χ4v) is 18.3. The second-order valence-electron chi connectivity index (χ2n) is 36.4. The Hall–Kier alpha value is -8.56. The maximum Gasteiger partial charge on any atom is 0.235 e. The van der Waals surface area contributed by atoms with Crippen LogP contribution in [0.4, 0.5) is 17.2 Å². The van der Waals surface area contributed by atoms with Crippen LogP contribution in [0.2, 0.25) is 0 Å². The average Bonchev–Trinajstić information content (AvgIpc) is 1.58. The highest BCUT2D eigenvalue weighted by Crippen LogP contribution is 2.42. The number of unbranched alkanes of at least 4 members (excludes halogenated alkanes) is 26. The number of hydrogen-bond acceptors (Lipinski definition) is 31. The Bertz CT molecular complexity index is 4600. The van der Waals surface area contributed by atoms with Gasteiger partial charge in [0, 0.05) is 50.1 Å². The predicted octanol–water partition coefficient (Wildman–Crippen LogP) is 10.7. The number of carbonyl (C=O) groups is 5. The van der Waals surface area contributed by atoms with Gasteiger partial charge in [-0.3, -0.25) is 28.7 Å². The molecule has 4 aliphatic rings. The molecule has 39 heteroatoms. The Labute approximate surface area is 825 Å². The molecule has 4 aliphatic heterocycles. The van der Waals surface area contributed by atoms with Crippen LogP contribution in [-0.4, -0.2) is 276 Å². The summed E-state index contributed by atoms with van der Waals surface area (Å²) in [6.07, 6.45) is 21.9. The molecule has 14 N–H and O–H groups in total. The summed E-state index contributed by atoms with van der Waals surface area (Å²) >= 11 is 0. The number of hydrogen-bond donors (Lipinski definition) is 13. The third-order valence-electron chi connectivity index (χ3n) is 25.1. The SMILES string of the molecule is CCCCCCCCCCCCC/C=C/[C@@H](O)[C@H](COCCOCCOCCn1nnc2c1-c1ccccc1N(C(=O)CCC(=O)NCCOCCOCCC(=O)Nc1cc(CO[C@@H]3[C@@H](OCCC(=O)NS(=O)(=O)CCCCCn4cnc5c4NC(N)=NC5OCC)O[C@@H](C)[C@@H](O)[C@H]3O)ccc1O[C@H]1O[C@H](CO)[C@@H](O)[C@H](O)[C@@H]1O)Cc1ccccc1-2)NC(=O)CCCCCCCCCCCCCCCC. The number of para-hydroxylation sites is 1. The molecule has 140 heavy (non-hydrogen) atoms. The van der Waals surface area contributed by atoms with Crippen molar-refractivity contribution in [2.45, 2.75) is 352 Å². The summed E-state index contributed by atoms with van der Waals surface area (Å²) in [4.78, 5) is 78.0. The number of imidazole rings is 1. The normalized spacial score (nSPS) is 20.0. The first-order valence-electron chi connectivity index (χ1n) is 51.2. The Balaban J connectivity index is 0.672. The van der Waals surface area contributed by atoms with E-state index in [4.69, 9.17) is 57.8 Å². The van der Waals surface area contributed by atoms with Crippen molar-refractivity contribution in [1.29, 1.82) is 0 Å². The van der Waals surface area contributed by atoms with E-state index < -0.39 is 121 Å². The summed E-state index contributed by atoms with van der Waals surface area (Å²) < 4.78 is 96.1. The van der Waals surface area contributed by atoms with Crippen molar-refractivity contribution in [3.8, 4) is 28.3 Å². The van der Waals surface area contributed by atoms with Crippen molar-refractivity contribution < 1.29 is 120 Å². The number of aliphatic hydroxyl groups is 7. The van der Waals surface area contributed by atoms with Crippen molar-refractivity contribution in [3.63, 3.8) is 0 Å². The van der Waals surface area contributed by atoms with E-state index in [0.717, 1.165) is 55.2 Å². The first-order chi connectivity index (χ1) is 68.0. The number of fused-ring (bicyclic) bond motifs is 6. The molecule has 3 aromatic carbocycles. The highest BCUT2D eigenvalue weighted by molar-refractivity contribution is 7.90. The molecular weight excluding hydrogens is 1830 g/mol. The summed E-state index contributed by atoms with van der Waals surface area (Å²) in [5, 5.41) is 96.3. The third kappa shape index (κ3) is 39.9. The number of aromatic nitrogens is 5. The monoisotopic (exact) mass is 1990 g/mol. The van der Waals surface area contributed by atoms with Gasteiger partial charge in [0.1, 0.15) is 65.7 Å². The Morgan fingerprint density at radius 2 is 1.22 bits per heavy atom. The number of rotatable bonds is 73. The first-order valence-corrected chi connectivity index (χ1v) is 52.8. The van der Waals surface area contributed by atoms with Gasteiger partial charge in [0.25, 0.3) is 0 Å². The second kappa shape index (κ2) is 64.9. The number of anilines is 3. The van der Waals surface area contributed by atoms with Gasteiger partial charge in [-0.25, -0.2) is 23.1 Å². The zero-order valence-corrected chi connectivity index (χ0v) is 83.5. The van der Waals surface area contributed by atoms with Crippen molar-refractivity contribution in [2.24, 2.45) is 10.7 Å². The number of allylic oxidation sites excluding steroid dienone is 1. The highest BCUT2D eigenvalue weighted by Gasteiger charge is 2.47. The molecule has 0 radical (unpaired) electrons. The summed E-state index contributed by atoms with van der Waals surface area (Å²) in [7, 11) is -4.05. The lowest BCUT2D eigenvalue weighted by molar-refractivity contribution is -0.304. The molecule has 5 aromatic rings. The topological polar surface area (TPSA) is 513 Å². The molecule has 0 spiro atoms. The van der Waals surface area contributed by atoms with Crippen LogP contribution in [0.3, 0.4) is 0 Å². The van der Waals surface area contributed by atoms with Gasteiger partial charge in [-0.2, -0.15) is 0 Å². The van der Waals surface area contributed by atoms with Gasteiger partial charge >= 0.3 is 0 Å². The number of nitrogens with one attached hydrogen (secondary N) is 5. The molecule has 2 aromatic heterocycles. The lowest BCUT2D eigenvalue weighted by Gasteiger charge is -2.41. The van der Waals surface area contributed by atoms with E-state index in [1.165, 1.54) is 154 Å². The van der Waals surface area contributed by atoms with Crippen molar-refractivity contribution >= 4 is 62.7 Å². The highest BCUT2D eigenvalue weighted by atomic mass is 32.2. The molecule has 13 atom stereocenters. The van der Waals surface area contributed by atoms with Crippen LogP contribution in [0.25, 0.3) is 22.5 Å². The fourth-order valence-electron chi connectivity index (χ4n) is 17.1. The fraction of sp³-hybridized carbons (Fsp3) is 0.693. The standard InChI is InChI=1S/C101H159N13O25S/c1-5-8-10-12-14-16-18-20-22-24-26-28-30-33-45-84(118)106-78(80(116)44-32-29-27-25-23-21-19-17-15-13-11-9-6-2)70-133-64-63-132-62-61-131-58-54-114-90-76-42-36-37-43-79(76)113(67-74-40-34-35-41-75(74)88(90)109-111-114)87(121)49-48-83(117)103-52-57-130-60-59-129-55-50-85(119)105-77-66-73(46-47-81(77)138-99-95(126)93(124)92(123)82(68-115)139-99)69-136-96-94(125)91(122)72(4)137-100(96)135-56-51-86(120)110-140(127,128)65-39-31-38-53-112-71-104-89-97(112)107-101(102)108-98(89)134-7-3/h32,34-37,40-44,46-47,66,71-72,78,80,82,91-96,98-100,115-116,122-126H,5-31,33,38-39,45,48-65,67-70H2,1-4H3,(H,103,117)(H,105,119)(H,106,118)(H,110,120)(H3,102,107,108)/b44-32+/t72-,78-,80+,82+,91+,92+,93-,94+,95-,96-,98?,99-,100-/m0/s1. The molecule has 6 heterocycles. The third-order valence-corrected chi connectivity index (χ3v) is 26.5.